The Balaban J connectivity index is 1.49. The van der Waals surface area contributed by atoms with Crippen molar-refractivity contribution in [3.05, 3.63) is 41.4 Å². The van der Waals surface area contributed by atoms with Gasteiger partial charge in [-0.15, -0.1) is 16.8 Å². The lowest BCUT2D eigenvalue weighted by Gasteiger charge is -2.29. The molecule has 0 spiro atoms. The smallest absolute Gasteiger partial charge is 0.230 e. The summed E-state index contributed by atoms with van der Waals surface area (Å²) < 4.78 is 8.90. The minimum atomic E-state index is 0.0436. The van der Waals surface area contributed by atoms with Crippen LogP contribution in [-0.4, -0.2) is 32.5 Å². The summed E-state index contributed by atoms with van der Waals surface area (Å²) in [5.74, 6) is 2.17. The van der Waals surface area contributed by atoms with Gasteiger partial charge in [-0.1, -0.05) is 53.5 Å². The highest BCUT2D eigenvalue weighted by atomic mass is 79.9. The van der Waals surface area contributed by atoms with Gasteiger partial charge in [0.25, 0.3) is 0 Å². The van der Waals surface area contributed by atoms with E-state index in [4.69, 9.17) is 4.42 Å². The van der Waals surface area contributed by atoms with E-state index in [0.717, 1.165) is 21.9 Å². The number of amides is 1. The van der Waals surface area contributed by atoms with Gasteiger partial charge >= 0.3 is 0 Å². The van der Waals surface area contributed by atoms with E-state index in [2.05, 4.69) is 44.9 Å². The monoisotopic (exact) mass is 488 g/mol. The average Bonchev–Trinajstić information content (AvgIpc) is 3.32. The highest BCUT2D eigenvalue weighted by Crippen LogP contribution is 2.31. The van der Waals surface area contributed by atoms with Gasteiger partial charge in [-0.05, 0) is 43.0 Å². The van der Waals surface area contributed by atoms with Crippen LogP contribution in [0.4, 0.5) is 0 Å². The van der Waals surface area contributed by atoms with Crippen molar-refractivity contribution in [3.8, 4) is 11.6 Å². The summed E-state index contributed by atoms with van der Waals surface area (Å²) in [4.78, 5) is 12.5. The number of aromatic nitrogens is 3. The van der Waals surface area contributed by atoms with Crippen molar-refractivity contribution in [2.24, 2.45) is 5.92 Å². The normalized spacial score (nSPS) is 19.1. The number of nitrogens with one attached hydrogen (secondary N) is 1. The number of furan rings is 1. The first-order chi connectivity index (χ1) is 14.5. The van der Waals surface area contributed by atoms with E-state index in [0.29, 0.717) is 35.0 Å². The molecule has 0 unspecified atom stereocenters. The Bertz CT molecular complexity index is 1060. The molecule has 1 aliphatic rings. The van der Waals surface area contributed by atoms with E-state index in [1.807, 2.05) is 28.8 Å². The Morgan fingerprint density at radius 2 is 2.20 bits per heavy atom. The van der Waals surface area contributed by atoms with E-state index >= 15 is 0 Å². The molecule has 3 aromatic rings. The zero-order valence-electron chi connectivity index (χ0n) is 16.9. The van der Waals surface area contributed by atoms with Crippen LogP contribution in [0.2, 0.25) is 0 Å². The van der Waals surface area contributed by atoms with Crippen molar-refractivity contribution in [2.45, 2.75) is 50.4 Å². The predicted molar refractivity (Wildman–Crippen MR) is 123 cm³/mol. The van der Waals surface area contributed by atoms with Gasteiger partial charge in [0.1, 0.15) is 5.58 Å². The summed E-state index contributed by atoms with van der Waals surface area (Å²) in [6.07, 6.45) is 6.49. The van der Waals surface area contributed by atoms with E-state index in [1.54, 1.807) is 6.08 Å². The minimum Gasteiger partial charge on any atom is -0.453 e. The van der Waals surface area contributed by atoms with Crippen LogP contribution in [0.3, 0.4) is 0 Å². The molecule has 8 heteroatoms. The predicted octanol–water partition coefficient (Wildman–Crippen LogP) is 5.43. The second-order valence-corrected chi connectivity index (χ2v) is 9.58. The van der Waals surface area contributed by atoms with Crippen LogP contribution < -0.4 is 5.32 Å². The number of fused-ring (bicyclic) bond motifs is 1. The fraction of sp³-hybridized carbons (Fsp3) is 0.409. The van der Waals surface area contributed by atoms with Gasteiger partial charge < -0.3 is 9.73 Å². The summed E-state index contributed by atoms with van der Waals surface area (Å²) in [6, 6.07) is 8.10. The third-order valence-electron chi connectivity index (χ3n) is 5.52. The van der Waals surface area contributed by atoms with E-state index in [-0.39, 0.29) is 11.9 Å². The molecule has 30 heavy (non-hydrogen) atoms. The highest BCUT2D eigenvalue weighted by Gasteiger charge is 2.23. The van der Waals surface area contributed by atoms with E-state index < -0.39 is 0 Å². The molecule has 1 amide bonds. The molecule has 0 saturated heterocycles. The van der Waals surface area contributed by atoms with Crippen molar-refractivity contribution in [1.29, 1.82) is 0 Å². The zero-order chi connectivity index (χ0) is 21.1. The number of carbonyl (C=O) groups excluding carboxylic acids is 1. The Hall–Kier alpha value is -2.06. The molecule has 1 saturated carbocycles. The molecule has 1 N–H and O–H groups in total. The third-order valence-corrected chi connectivity index (χ3v) is 6.98. The molecule has 0 radical (unpaired) electrons. The van der Waals surface area contributed by atoms with Gasteiger partial charge in [0, 0.05) is 22.4 Å². The van der Waals surface area contributed by atoms with Crippen molar-refractivity contribution in [2.75, 3.05) is 5.75 Å². The fourth-order valence-corrected chi connectivity index (χ4v) is 5.04. The number of carbonyl (C=O) groups is 1. The Morgan fingerprint density at radius 1 is 1.37 bits per heavy atom. The molecule has 2 aromatic heterocycles. The minimum absolute atomic E-state index is 0.0436. The number of thioether (sulfide) groups is 1. The first-order valence-electron chi connectivity index (χ1n) is 10.2. The average molecular weight is 489 g/mol. The number of nitrogens with zero attached hydrogens (tertiary/aromatic N) is 3. The number of hydrogen-bond acceptors (Lipinski definition) is 5. The highest BCUT2D eigenvalue weighted by molar-refractivity contribution is 9.10. The molecule has 1 aromatic carbocycles. The van der Waals surface area contributed by atoms with Crippen LogP contribution in [0.25, 0.3) is 22.6 Å². The van der Waals surface area contributed by atoms with Crippen LogP contribution >= 0.6 is 27.7 Å². The van der Waals surface area contributed by atoms with Crippen molar-refractivity contribution >= 4 is 44.6 Å². The summed E-state index contributed by atoms with van der Waals surface area (Å²) in [5.41, 5.74) is 0.788. The molecule has 0 bridgehead atoms. The second-order valence-electron chi connectivity index (χ2n) is 7.72. The molecule has 158 valence electrons. The number of benzene rings is 1. The molecule has 2 atom stereocenters. The Kier molecular flexibility index (Phi) is 6.63. The van der Waals surface area contributed by atoms with Crippen LogP contribution in [-0.2, 0) is 11.3 Å². The quantitative estimate of drug-likeness (QED) is 0.354. The lowest BCUT2D eigenvalue weighted by Crippen LogP contribution is -2.41. The lowest BCUT2D eigenvalue weighted by atomic mass is 9.86. The van der Waals surface area contributed by atoms with Crippen molar-refractivity contribution in [1.82, 2.24) is 20.1 Å². The fourth-order valence-electron chi connectivity index (χ4n) is 3.91. The van der Waals surface area contributed by atoms with Gasteiger partial charge in [0.2, 0.25) is 11.7 Å². The molecule has 6 nitrogen and oxygen atoms in total. The van der Waals surface area contributed by atoms with Gasteiger partial charge in [0.15, 0.2) is 10.9 Å². The first-order valence-corrected chi connectivity index (χ1v) is 12.0. The molecular formula is C22H25BrN4O2S. The third kappa shape index (κ3) is 4.64. The number of allylic oxidation sites excluding steroid dienone is 1. The maximum Gasteiger partial charge on any atom is 0.230 e. The number of hydrogen-bond donors (Lipinski definition) is 1. The Morgan fingerprint density at radius 3 is 3.00 bits per heavy atom. The molecule has 2 heterocycles. The molecular weight excluding hydrogens is 464 g/mol. The second kappa shape index (κ2) is 9.39. The number of rotatable bonds is 7. The lowest BCUT2D eigenvalue weighted by molar-refractivity contribution is -0.119. The topological polar surface area (TPSA) is 73.0 Å². The molecule has 4 rings (SSSR count). The van der Waals surface area contributed by atoms with Crippen molar-refractivity contribution < 1.29 is 9.21 Å². The standard InChI is InChI=1S/C22H25BrN4O2S/c1-3-10-27-21(19-12-15-11-16(23)8-9-18(15)29-19)25-26-22(27)30-13-20(28)24-17-7-5-4-6-14(17)2/h3,8-9,11-12,14,17H,1,4-7,10,13H2,2H3,(H,24,28)/t14-,17-/m1/s1. The number of halogens is 1. The van der Waals surface area contributed by atoms with E-state index in [9.17, 15) is 4.79 Å². The van der Waals surface area contributed by atoms with Gasteiger partial charge in [-0.3, -0.25) is 9.36 Å². The molecule has 1 fully saturated rings. The zero-order valence-corrected chi connectivity index (χ0v) is 19.3. The maximum atomic E-state index is 12.5. The maximum absolute atomic E-state index is 12.5. The van der Waals surface area contributed by atoms with Gasteiger partial charge in [-0.25, -0.2) is 0 Å². The van der Waals surface area contributed by atoms with Crippen LogP contribution in [0.1, 0.15) is 32.6 Å². The summed E-state index contributed by atoms with van der Waals surface area (Å²) >= 11 is 4.88. The van der Waals surface area contributed by atoms with Gasteiger partial charge in [0.05, 0.1) is 5.75 Å². The SMILES string of the molecule is C=CCn1c(SCC(=O)N[C@@H]2CCCC[C@H]2C)nnc1-c1cc2cc(Br)ccc2o1. The van der Waals surface area contributed by atoms with E-state index in [1.165, 1.54) is 31.0 Å². The molecule has 0 aliphatic heterocycles. The van der Waals surface area contributed by atoms with Crippen LogP contribution in [0.15, 0.2) is 51.0 Å². The largest absolute Gasteiger partial charge is 0.453 e. The Labute approximate surface area is 188 Å². The first kappa shape index (κ1) is 21.2. The summed E-state index contributed by atoms with van der Waals surface area (Å²) in [5, 5.41) is 13.5. The molecule has 1 aliphatic carbocycles. The van der Waals surface area contributed by atoms with Crippen LogP contribution in [0, 0.1) is 5.92 Å². The summed E-state index contributed by atoms with van der Waals surface area (Å²) in [7, 11) is 0. The van der Waals surface area contributed by atoms with Crippen LogP contribution in [0.5, 0.6) is 0 Å². The van der Waals surface area contributed by atoms with Crippen molar-refractivity contribution in [3.63, 3.8) is 0 Å². The summed E-state index contributed by atoms with van der Waals surface area (Å²) in [6.45, 7) is 6.60. The van der Waals surface area contributed by atoms with Gasteiger partial charge in [-0.2, -0.15) is 0 Å².